The molecule has 0 radical (unpaired) electrons. The number of carbonyl (C=O) groups is 3. The van der Waals surface area contributed by atoms with Gasteiger partial charge < -0.3 is 20.3 Å². The molecule has 2 N–H and O–H groups in total. The maximum Gasteiger partial charge on any atom is 0.418 e. The van der Waals surface area contributed by atoms with Crippen LogP contribution in [-0.2, 0) is 9.53 Å². The number of benzene rings is 1. The van der Waals surface area contributed by atoms with Crippen LogP contribution in [0.15, 0.2) is 36.5 Å². The van der Waals surface area contributed by atoms with Crippen LogP contribution in [0.2, 0.25) is 0 Å². The van der Waals surface area contributed by atoms with Gasteiger partial charge in [-0.15, -0.1) is 0 Å². The second-order valence-electron chi connectivity index (χ2n) is 11.7. The van der Waals surface area contributed by atoms with Crippen molar-refractivity contribution in [2.75, 3.05) is 13.1 Å². The third-order valence-corrected chi connectivity index (χ3v) is 6.80. The Morgan fingerprint density at radius 3 is 2.50 bits per heavy atom. The fourth-order valence-electron chi connectivity index (χ4n) is 4.58. The monoisotopic (exact) mass is 519 g/mol. The minimum Gasteiger partial charge on any atom is -0.443 e. The first-order valence-electron chi connectivity index (χ1n) is 13.2. The molecule has 2 aromatic rings. The first kappa shape index (κ1) is 27.2. The lowest BCUT2D eigenvalue weighted by atomic mass is 9.98. The van der Waals surface area contributed by atoms with Gasteiger partial charge in [0.05, 0.1) is 11.6 Å². The molecule has 1 saturated carbocycles. The molecule has 1 aliphatic heterocycles. The van der Waals surface area contributed by atoms with E-state index in [1.807, 2.05) is 65.0 Å². The molecule has 1 aromatic heterocycles. The SMILES string of the molecule is CC(C)CC(NC(=O)N1CC=C(c2ccc3c(ccn3C(=O)OC(C)(C)C)c2)CC1)C(=O)NC1(C#N)CC1. The number of fused-ring (bicyclic) bond motifs is 1. The van der Waals surface area contributed by atoms with Crippen molar-refractivity contribution in [2.45, 2.75) is 77.5 Å². The van der Waals surface area contributed by atoms with E-state index in [0.717, 1.165) is 22.0 Å². The van der Waals surface area contributed by atoms with Crippen molar-refractivity contribution in [3.05, 3.63) is 42.1 Å². The third-order valence-electron chi connectivity index (χ3n) is 6.80. The number of hydrogen-bond donors (Lipinski definition) is 2. The minimum atomic E-state index is -0.769. The zero-order valence-electron chi connectivity index (χ0n) is 22.8. The molecule has 9 nitrogen and oxygen atoms in total. The van der Waals surface area contributed by atoms with Crippen LogP contribution in [0.3, 0.4) is 0 Å². The summed E-state index contributed by atoms with van der Waals surface area (Å²) in [6.07, 6.45) is 5.80. The van der Waals surface area contributed by atoms with Crippen LogP contribution < -0.4 is 10.6 Å². The summed E-state index contributed by atoms with van der Waals surface area (Å²) in [6.45, 7) is 10.5. The molecule has 2 aliphatic rings. The van der Waals surface area contributed by atoms with Crippen molar-refractivity contribution >= 4 is 34.5 Å². The van der Waals surface area contributed by atoms with Gasteiger partial charge in [0.1, 0.15) is 17.2 Å². The van der Waals surface area contributed by atoms with Crippen LogP contribution in [0.4, 0.5) is 9.59 Å². The number of aromatic nitrogens is 1. The number of carbonyl (C=O) groups excluding carboxylic acids is 3. The van der Waals surface area contributed by atoms with Crippen molar-refractivity contribution < 1.29 is 19.1 Å². The predicted molar refractivity (Wildman–Crippen MR) is 145 cm³/mol. The fourth-order valence-corrected chi connectivity index (χ4v) is 4.58. The number of amides is 3. The standard InChI is InChI=1S/C29H37N5O4/c1-19(2)16-23(25(35)32-29(18-30)11-12-29)31-26(36)33-13-8-20(9-14-33)21-6-7-24-22(17-21)10-15-34(24)27(37)38-28(3,4)5/h6-8,10,15,17,19,23H,9,11-14,16H2,1-5H3,(H,31,36)(H,32,35). The van der Waals surface area contributed by atoms with E-state index in [-0.39, 0.29) is 17.9 Å². The highest BCUT2D eigenvalue weighted by Gasteiger charge is 2.45. The number of nitriles is 1. The Hall–Kier alpha value is -3.80. The Balaban J connectivity index is 1.40. The summed E-state index contributed by atoms with van der Waals surface area (Å²) in [6, 6.07) is 9.03. The lowest BCUT2D eigenvalue weighted by Gasteiger charge is -2.29. The molecule has 2 heterocycles. The maximum atomic E-state index is 13.0. The van der Waals surface area contributed by atoms with Crippen LogP contribution >= 0.6 is 0 Å². The fraction of sp³-hybridized carbons (Fsp3) is 0.517. The van der Waals surface area contributed by atoms with Gasteiger partial charge in [0.15, 0.2) is 0 Å². The minimum absolute atomic E-state index is 0.205. The zero-order chi connectivity index (χ0) is 27.7. The number of hydrogen-bond acceptors (Lipinski definition) is 5. The number of nitrogens with one attached hydrogen (secondary N) is 2. The Bertz CT molecular complexity index is 1310. The molecule has 1 unspecified atom stereocenters. The van der Waals surface area contributed by atoms with Crippen LogP contribution in [0.5, 0.6) is 0 Å². The van der Waals surface area contributed by atoms with E-state index >= 15 is 0 Å². The highest BCUT2D eigenvalue weighted by Crippen LogP contribution is 2.34. The number of rotatable bonds is 6. The molecule has 202 valence electrons. The van der Waals surface area contributed by atoms with Gasteiger partial charge in [0.2, 0.25) is 5.91 Å². The second kappa shape index (κ2) is 10.5. The van der Waals surface area contributed by atoms with E-state index in [4.69, 9.17) is 4.74 Å². The second-order valence-corrected chi connectivity index (χ2v) is 11.7. The largest absolute Gasteiger partial charge is 0.443 e. The Labute approximate surface area is 223 Å². The van der Waals surface area contributed by atoms with Gasteiger partial charge in [-0.3, -0.25) is 9.36 Å². The number of ether oxygens (including phenoxy) is 1. The number of nitrogens with zero attached hydrogens (tertiary/aromatic N) is 3. The van der Waals surface area contributed by atoms with E-state index in [0.29, 0.717) is 38.8 Å². The molecule has 1 atom stereocenters. The number of urea groups is 1. The average molecular weight is 520 g/mol. The normalized spacial score (nSPS) is 17.4. The van der Waals surface area contributed by atoms with E-state index in [1.54, 1.807) is 11.1 Å². The van der Waals surface area contributed by atoms with E-state index < -0.39 is 23.3 Å². The summed E-state index contributed by atoms with van der Waals surface area (Å²) in [7, 11) is 0. The van der Waals surface area contributed by atoms with Crippen molar-refractivity contribution in [3.8, 4) is 6.07 Å². The highest BCUT2D eigenvalue weighted by molar-refractivity contribution is 5.92. The van der Waals surface area contributed by atoms with Crippen molar-refractivity contribution in [2.24, 2.45) is 5.92 Å². The summed E-state index contributed by atoms with van der Waals surface area (Å²) in [5.74, 6) is -0.0952. The molecule has 0 bridgehead atoms. The van der Waals surface area contributed by atoms with Gasteiger partial charge >= 0.3 is 12.1 Å². The van der Waals surface area contributed by atoms with Crippen LogP contribution in [0.1, 0.15) is 65.9 Å². The molecule has 4 rings (SSSR count). The van der Waals surface area contributed by atoms with Crippen molar-refractivity contribution in [3.63, 3.8) is 0 Å². The zero-order valence-corrected chi connectivity index (χ0v) is 22.8. The van der Waals surface area contributed by atoms with Gasteiger partial charge in [-0.2, -0.15) is 5.26 Å². The van der Waals surface area contributed by atoms with Gasteiger partial charge in [0.25, 0.3) is 0 Å². The Kier molecular flexibility index (Phi) is 7.54. The van der Waals surface area contributed by atoms with Gasteiger partial charge in [-0.25, -0.2) is 9.59 Å². The highest BCUT2D eigenvalue weighted by atomic mass is 16.6. The summed E-state index contributed by atoms with van der Waals surface area (Å²) in [5.41, 5.74) is 1.60. The van der Waals surface area contributed by atoms with E-state index in [1.165, 1.54) is 4.57 Å². The summed E-state index contributed by atoms with van der Waals surface area (Å²) in [5, 5.41) is 16.0. The lowest BCUT2D eigenvalue weighted by Crippen LogP contribution is -2.54. The molecule has 0 saturated heterocycles. The van der Waals surface area contributed by atoms with Gasteiger partial charge in [-0.1, -0.05) is 26.0 Å². The van der Waals surface area contributed by atoms with E-state index in [2.05, 4.69) is 16.7 Å². The van der Waals surface area contributed by atoms with Crippen LogP contribution in [-0.4, -0.2) is 57.8 Å². The molecule has 1 aromatic carbocycles. The molecular formula is C29H37N5O4. The Morgan fingerprint density at radius 2 is 1.92 bits per heavy atom. The molecular weight excluding hydrogens is 482 g/mol. The van der Waals surface area contributed by atoms with Gasteiger partial charge in [0, 0.05) is 24.7 Å². The third kappa shape index (κ3) is 6.36. The first-order valence-corrected chi connectivity index (χ1v) is 13.2. The maximum absolute atomic E-state index is 13.0. The van der Waals surface area contributed by atoms with Crippen molar-refractivity contribution in [1.29, 1.82) is 5.26 Å². The molecule has 1 fully saturated rings. The average Bonchev–Trinajstić information content (AvgIpc) is 3.49. The van der Waals surface area contributed by atoms with Gasteiger partial charge in [-0.05, 0) is 81.7 Å². The lowest BCUT2D eigenvalue weighted by molar-refractivity contribution is -0.123. The topological polar surface area (TPSA) is 116 Å². The van der Waals surface area contributed by atoms with E-state index in [9.17, 15) is 19.6 Å². The molecule has 3 amide bonds. The molecule has 1 aliphatic carbocycles. The summed E-state index contributed by atoms with van der Waals surface area (Å²) in [4.78, 5) is 40.1. The molecule has 38 heavy (non-hydrogen) atoms. The van der Waals surface area contributed by atoms with Crippen LogP contribution in [0, 0.1) is 17.2 Å². The van der Waals surface area contributed by atoms with Crippen LogP contribution in [0.25, 0.3) is 16.5 Å². The quantitative estimate of drug-likeness (QED) is 0.568. The molecule has 0 spiro atoms. The predicted octanol–water partition coefficient (Wildman–Crippen LogP) is 4.81. The van der Waals surface area contributed by atoms with Crippen molar-refractivity contribution in [1.82, 2.24) is 20.1 Å². The Morgan fingerprint density at radius 1 is 1.18 bits per heavy atom. The smallest absolute Gasteiger partial charge is 0.418 e. The summed E-state index contributed by atoms with van der Waals surface area (Å²) < 4.78 is 7.01. The molecule has 9 heteroatoms. The summed E-state index contributed by atoms with van der Waals surface area (Å²) >= 11 is 0. The first-order chi connectivity index (χ1) is 17.9.